The van der Waals surface area contributed by atoms with Crippen LogP contribution in [0.25, 0.3) is 0 Å². The second-order valence-electron chi connectivity index (χ2n) is 7.55. The predicted molar refractivity (Wildman–Crippen MR) is 120 cm³/mol. The minimum Gasteiger partial charge on any atom is -0.376 e. The van der Waals surface area contributed by atoms with E-state index in [4.69, 9.17) is 10.00 Å². The lowest BCUT2D eigenvalue weighted by Gasteiger charge is -2.26. The van der Waals surface area contributed by atoms with E-state index in [0.29, 0.717) is 28.7 Å². The van der Waals surface area contributed by atoms with Gasteiger partial charge in [-0.3, -0.25) is 4.79 Å². The zero-order chi connectivity index (χ0) is 22.4. The van der Waals surface area contributed by atoms with Gasteiger partial charge in [0.05, 0.1) is 30.6 Å². The van der Waals surface area contributed by atoms with Crippen molar-refractivity contribution in [3.63, 3.8) is 0 Å². The van der Waals surface area contributed by atoms with E-state index in [9.17, 15) is 13.2 Å². The summed E-state index contributed by atoms with van der Waals surface area (Å²) in [6, 6.07) is 9.20. The molecule has 3 rings (SSSR count). The molecular weight excluding hydrogens is 436 g/mol. The summed E-state index contributed by atoms with van der Waals surface area (Å²) in [5.41, 5.74) is 1.44. The Balaban J connectivity index is 1.82. The van der Waals surface area contributed by atoms with Gasteiger partial charge < -0.3 is 9.64 Å². The van der Waals surface area contributed by atoms with Crippen LogP contribution >= 0.6 is 11.3 Å². The number of nitrogens with one attached hydrogen (secondary N) is 1. The van der Waals surface area contributed by atoms with E-state index in [2.05, 4.69) is 11.1 Å². The SMILES string of the molecule is Cc1sc(N(CCOC2CCCCC2)c2ccc(C#N)cc2)nc1C(=O)NS(C)(=O)=O. The molecule has 8 nitrogen and oxygen atoms in total. The van der Waals surface area contributed by atoms with Gasteiger partial charge in [0.1, 0.15) is 5.69 Å². The summed E-state index contributed by atoms with van der Waals surface area (Å²) in [7, 11) is -3.68. The highest BCUT2D eigenvalue weighted by molar-refractivity contribution is 7.89. The third-order valence-corrected chi connectivity index (χ3v) is 6.59. The van der Waals surface area contributed by atoms with E-state index in [0.717, 1.165) is 24.8 Å². The summed E-state index contributed by atoms with van der Waals surface area (Å²) in [4.78, 5) is 19.3. The number of aryl methyl sites for hydroxylation is 1. The van der Waals surface area contributed by atoms with E-state index in [-0.39, 0.29) is 11.8 Å². The number of benzene rings is 1. The highest BCUT2D eigenvalue weighted by atomic mass is 32.2. The lowest BCUT2D eigenvalue weighted by Crippen LogP contribution is -2.30. The Morgan fingerprint density at radius 1 is 1.29 bits per heavy atom. The number of carbonyl (C=O) groups is 1. The van der Waals surface area contributed by atoms with Crippen molar-refractivity contribution in [1.29, 1.82) is 5.26 Å². The summed E-state index contributed by atoms with van der Waals surface area (Å²) in [6.07, 6.45) is 6.98. The number of nitrogens with zero attached hydrogens (tertiary/aromatic N) is 3. The Bertz CT molecular complexity index is 1050. The number of aromatic nitrogens is 1. The number of sulfonamides is 1. The predicted octanol–water partition coefficient (Wildman–Crippen LogP) is 3.50. The van der Waals surface area contributed by atoms with Crippen LogP contribution in [-0.4, -0.2) is 44.8 Å². The van der Waals surface area contributed by atoms with Crippen LogP contribution in [0.1, 0.15) is 53.0 Å². The van der Waals surface area contributed by atoms with Gasteiger partial charge in [-0.25, -0.2) is 18.1 Å². The average Bonchev–Trinajstić information content (AvgIpc) is 3.12. The smallest absolute Gasteiger partial charge is 0.284 e. The summed E-state index contributed by atoms with van der Waals surface area (Å²) in [5, 5.41) is 9.64. The standard InChI is InChI=1S/C21H26N4O4S2/c1-15-19(20(26)24-31(2,27)28)23-21(30-15)25(17-10-8-16(14-22)9-11-17)12-13-29-18-6-4-3-5-7-18/h8-11,18H,3-7,12-13H2,1-2H3,(H,24,26). The van der Waals surface area contributed by atoms with Crippen LogP contribution in [0.5, 0.6) is 0 Å². The molecule has 0 bridgehead atoms. The molecule has 0 spiro atoms. The van der Waals surface area contributed by atoms with Crippen molar-refractivity contribution in [2.75, 3.05) is 24.3 Å². The van der Waals surface area contributed by atoms with Crippen LogP contribution in [-0.2, 0) is 14.8 Å². The number of carbonyl (C=O) groups excluding carboxylic acids is 1. The second-order valence-corrected chi connectivity index (χ2v) is 10.5. The molecule has 1 aliphatic rings. The third-order valence-electron chi connectivity index (χ3n) is 5.04. The Kier molecular flexibility index (Phi) is 7.64. The second kappa shape index (κ2) is 10.2. The van der Waals surface area contributed by atoms with Crippen molar-refractivity contribution >= 4 is 38.1 Å². The summed E-state index contributed by atoms with van der Waals surface area (Å²) in [6.45, 7) is 2.74. The summed E-state index contributed by atoms with van der Waals surface area (Å²) < 4.78 is 30.9. The third kappa shape index (κ3) is 6.50. The zero-order valence-corrected chi connectivity index (χ0v) is 19.3. The van der Waals surface area contributed by atoms with Gasteiger partial charge in [0, 0.05) is 17.1 Å². The molecule has 1 N–H and O–H groups in total. The van der Waals surface area contributed by atoms with E-state index >= 15 is 0 Å². The Hall–Kier alpha value is -2.48. The number of nitriles is 1. The minimum atomic E-state index is -3.68. The van der Waals surface area contributed by atoms with E-state index in [1.807, 2.05) is 21.8 Å². The van der Waals surface area contributed by atoms with Crippen LogP contribution in [0, 0.1) is 18.3 Å². The summed E-state index contributed by atoms with van der Waals surface area (Å²) in [5.74, 6) is -0.749. The largest absolute Gasteiger partial charge is 0.376 e. The molecule has 1 aliphatic carbocycles. The Morgan fingerprint density at radius 2 is 1.97 bits per heavy atom. The van der Waals surface area contributed by atoms with Crippen LogP contribution in [0.4, 0.5) is 10.8 Å². The molecule has 1 amide bonds. The molecule has 0 radical (unpaired) electrons. The van der Waals surface area contributed by atoms with Crippen LogP contribution < -0.4 is 9.62 Å². The van der Waals surface area contributed by atoms with Gasteiger partial charge in [-0.05, 0) is 44.0 Å². The number of amides is 1. The maximum absolute atomic E-state index is 12.3. The topological polar surface area (TPSA) is 112 Å². The van der Waals surface area contributed by atoms with Gasteiger partial charge in [-0.1, -0.05) is 19.3 Å². The fraction of sp³-hybridized carbons (Fsp3) is 0.476. The molecule has 0 saturated heterocycles. The molecule has 1 heterocycles. The number of rotatable bonds is 8. The van der Waals surface area contributed by atoms with Gasteiger partial charge in [0.25, 0.3) is 5.91 Å². The quantitative estimate of drug-likeness (QED) is 0.639. The van der Waals surface area contributed by atoms with Crippen LogP contribution in [0.15, 0.2) is 24.3 Å². The first-order valence-electron chi connectivity index (χ1n) is 10.2. The molecule has 1 aromatic carbocycles. The fourth-order valence-electron chi connectivity index (χ4n) is 3.52. The van der Waals surface area contributed by atoms with Crippen LogP contribution in [0.3, 0.4) is 0 Å². The zero-order valence-electron chi connectivity index (χ0n) is 17.6. The normalized spacial score (nSPS) is 14.7. The average molecular weight is 463 g/mol. The van der Waals surface area contributed by atoms with Crippen molar-refractivity contribution in [3.05, 3.63) is 40.4 Å². The lowest BCUT2D eigenvalue weighted by molar-refractivity contribution is 0.0333. The van der Waals surface area contributed by atoms with Gasteiger partial charge >= 0.3 is 0 Å². The first kappa shape index (κ1) is 23.2. The lowest BCUT2D eigenvalue weighted by atomic mass is 9.98. The van der Waals surface area contributed by atoms with Gasteiger partial charge in [-0.2, -0.15) is 5.26 Å². The number of anilines is 2. The van der Waals surface area contributed by atoms with Crippen molar-refractivity contribution in [1.82, 2.24) is 9.71 Å². The molecule has 1 fully saturated rings. The monoisotopic (exact) mass is 462 g/mol. The van der Waals surface area contributed by atoms with E-state index in [1.54, 1.807) is 19.1 Å². The minimum absolute atomic E-state index is 0.0808. The molecule has 2 aromatic rings. The molecule has 31 heavy (non-hydrogen) atoms. The number of hydrogen-bond acceptors (Lipinski definition) is 8. The molecule has 0 atom stereocenters. The molecule has 1 aromatic heterocycles. The van der Waals surface area contributed by atoms with Gasteiger partial charge in [0.15, 0.2) is 5.13 Å². The fourth-order valence-corrected chi connectivity index (χ4v) is 4.90. The Morgan fingerprint density at radius 3 is 2.58 bits per heavy atom. The molecule has 166 valence electrons. The van der Waals surface area contributed by atoms with Crippen molar-refractivity contribution in [2.24, 2.45) is 0 Å². The van der Waals surface area contributed by atoms with Gasteiger partial charge in [-0.15, -0.1) is 11.3 Å². The van der Waals surface area contributed by atoms with E-state index in [1.165, 1.54) is 30.6 Å². The molecule has 0 aliphatic heterocycles. The van der Waals surface area contributed by atoms with Crippen molar-refractivity contribution < 1.29 is 17.9 Å². The number of thiazole rings is 1. The molecule has 0 unspecified atom stereocenters. The number of hydrogen-bond donors (Lipinski definition) is 1. The first-order valence-corrected chi connectivity index (χ1v) is 12.9. The maximum atomic E-state index is 12.3. The van der Waals surface area contributed by atoms with E-state index < -0.39 is 15.9 Å². The number of ether oxygens (including phenoxy) is 1. The molecule has 1 saturated carbocycles. The Labute approximate surface area is 186 Å². The highest BCUT2D eigenvalue weighted by Gasteiger charge is 2.22. The van der Waals surface area contributed by atoms with Crippen molar-refractivity contribution in [2.45, 2.75) is 45.1 Å². The first-order chi connectivity index (χ1) is 14.8. The van der Waals surface area contributed by atoms with Crippen molar-refractivity contribution in [3.8, 4) is 6.07 Å². The molecule has 10 heteroatoms. The maximum Gasteiger partial charge on any atom is 0.284 e. The highest BCUT2D eigenvalue weighted by Crippen LogP contribution is 2.32. The molecular formula is C21H26N4O4S2. The van der Waals surface area contributed by atoms with Crippen LogP contribution in [0.2, 0.25) is 0 Å². The summed E-state index contributed by atoms with van der Waals surface area (Å²) >= 11 is 1.31. The van der Waals surface area contributed by atoms with Gasteiger partial charge in [0.2, 0.25) is 10.0 Å².